The van der Waals surface area contributed by atoms with Gasteiger partial charge in [0.25, 0.3) is 5.69 Å². The number of hydrogen-bond acceptors (Lipinski definition) is 4. The van der Waals surface area contributed by atoms with E-state index in [1.165, 1.54) is 12.1 Å². The molecule has 0 radical (unpaired) electrons. The van der Waals surface area contributed by atoms with Crippen LogP contribution in [0.15, 0.2) is 39.4 Å². The van der Waals surface area contributed by atoms with Crippen molar-refractivity contribution >= 4 is 38.9 Å². The van der Waals surface area contributed by atoms with E-state index < -0.39 is 4.92 Å². The molecule has 0 spiro atoms. The molecule has 1 atom stereocenters. The highest BCUT2D eigenvalue weighted by atomic mass is 79.9. The fourth-order valence-electron chi connectivity index (χ4n) is 1.60. The second-order valence-electron chi connectivity index (χ2n) is 3.93. The summed E-state index contributed by atoms with van der Waals surface area (Å²) in [5, 5.41) is 14.1. The van der Waals surface area contributed by atoms with E-state index in [0.29, 0.717) is 15.4 Å². The summed E-state index contributed by atoms with van der Waals surface area (Å²) >= 11 is 9.23. The molecule has 2 aromatic rings. The first-order chi connectivity index (χ1) is 8.97. The van der Waals surface area contributed by atoms with E-state index in [-0.39, 0.29) is 11.7 Å². The Morgan fingerprint density at radius 1 is 1.42 bits per heavy atom. The Kier molecular flexibility index (Phi) is 4.11. The first-order valence-electron chi connectivity index (χ1n) is 5.43. The van der Waals surface area contributed by atoms with Gasteiger partial charge in [0, 0.05) is 12.1 Å². The van der Waals surface area contributed by atoms with Gasteiger partial charge in [-0.1, -0.05) is 11.6 Å². The number of nitrogens with zero attached hydrogens (tertiary/aromatic N) is 1. The normalized spacial score (nSPS) is 12.2. The minimum atomic E-state index is -0.483. The smallest absolute Gasteiger partial charge is 0.271 e. The lowest BCUT2D eigenvalue weighted by atomic mass is 10.2. The summed E-state index contributed by atoms with van der Waals surface area (Å²) in [5.41, 5.74) is 0.580. The van der Waals surface area contributed by atoms with Crippen LogP contribution in [0.3, 0.4) is 0 Å². The number of non-ortho nitro benzene ring substituents is 1. The summed E-state index contributed by atoms with van der Waals surface area (Å²) in [4.78, 5) is 10.1. The average molecular weight is 346 g/mol. The molecule has 5 nitrogen and oxygen atoms in total. The van der Waals surface area contributed by atoms with Crippen LogP contribution in [0.25, 0.3) is 0 Å². The molecule has 19 heavy (non-hydrogen) atoms. The van der Waals surface area contributed by atoms with Crippen molar-refractivity contribution in [3.63, 3.8) is 0 Å². The molecule has 1 aromatic heterocycles. The van der Waals surface area contributed by atoms with E-state index in [4.69, 9.17) is 16.0 Å². The fraction of sp³-hybridized carbons (Fsp3) is 0.167. The number of benzene rings is 1. The maximum Gasteiger partial charge on any atom is 0.271 e. The van der Waals surface area contributed by atoms with E-state index in [0.717, 1.165) is 5.76 Å². The van der Waals surface area contributed by atoms with Crippen molar-refractivity contribution in [1.29, 1.82) is 0 Å². The molecule has 0 aliphatic heterocycles. The monoisotopic (exact) mass is 344 g/mol. The number of furan rings is 1. The van der Waals surface area contributed by atoms with Crippen molar-refractivity contribution in [3.05, 3.63) is 55.9 Å². The molecule has 0 aliphatic rings. The van der Waals surface area contributed by atoms with Crippen LogP contribution in [-0.2, 0) is 0 Å². The van der Waals surface area contributed by atoms with E-state index in [2.05, 4.69) is 21.2 Å². The number of anilines is 1. The van der Waals surface area contributed by atoms with Gasteiger partial charge < -0.3 is 9.73 Å². The summed E-state index contributed by atoms with van der Waals surface area (Å²) in [6.45, 7) is 1.91. The van der Waals surface area contributed by atoms with Crippen molar-refractivity contribution < 1.29 is 9.34 Å². The zero-order valence-corrected chi connectivity index (χ0v) is 12.2. The van der Waals surface area contributed by atoms with E-state index >= 15 is 0 Å². The molecule has 100 valence electrons. The Hall–Kier alpha value is -1.53. The summed E-state index contributed by atoms with van der Waals surface area (Å²) in [6.07, 6.45) is 0. The number of hydrogen-bond donors (Lipinski definition) is 1. The molecular formula is C12H10BrClN2O3. The molecule has 1 aromatic carbocycles. The predicted octanol–water partition coefficient (Wildman–Crippen LogP) is 4.78. The molecule has 0 bridgehead atoms. The maximum absolute atomic E-state index is 10.6. The van der Waals surface area contributed by atoms with Crippen LogP contribution in [0.5, 0.6) is 0 Å². The number of nitrogens with one attached hydrogen (secondary N) is 1. The number of rotatable bonds is 4. The Labute approximate surface area is 122 Å². The van der Waals surface area contributed by atoms with Crippen LogP contribution in [-0.4, -0.2) is 4.92 Å². The van der Waals surface area contributed by atoms with Crippen LogP contribution in [0.4, 0.5) is 11.4 Å². The van der Waals surface area contributed by atoms with Crippen LogP contribution in [0, 0.1) is 10.1 Å². The Bertz CT molecular complexity index is 615. The molecule has 0 amide bonds. The largest absolute Gasteiger partial charge is 0.452 e. The summed E-state index contributed by atoms with van der Waals surface area (Å²) in [7, 11) is 0. The number of nitro benzene ring substituents is 1. The van der Waals surface area contributed by atoms with Gasteiger partial charge in [-0.25, -0.2) is 0 Å². The van der Waals surface area contributed by atoms with E-state index in [1.807, 2.05) is 13.0 Å². The zero-order valence-electron chi connectivity index (χ0n) is 9.89. The van der Waals surface area contributed by atoms with Gasteiger partial charge in [-0.3, -0.25) is 10.1 Å². The molecular weight excluding hydrogens is 336 g/mol. The third-order valence-corrected chi connectivity index (χ3v) is 3.30. The van der Waals surface area contributed by atoms with Crippen molar-refractivity contribution in [2.75, 3.05) is 5.32 Å². The Balaban J connectivity index is 2.17. The third kappa shape index (κ3) is 3.27. The minimum absolute atomic E-state index is 0.0380. The van der Waals surface area contributed by atoms with Crippen LogP contribution < -0.4 is 5.32 Å². The molecule has 1 N–H and O–H groups in total. The molecule has 1 heterocycles. The summed E-state index contributed by atoms with van der Waals surface area (Å²) < 4.78 is 6.07. The minimum Gasteiger partial charge on any atom is -0.452 e. The van der Waals surface area contributed by atoms with E-state index in [9.17, 15) is 10.1 Å². The van der Waals surface area contributed by atoms with Gasteiger partial charge in [-0.15, -0.1) is 0 Å². The van der Waals surface area contributed by atoms with Crippen LogP contribution in [0.1, 0.15) is 18.7 Å². The fourth-order valence-corrected chi connectivity index (χ4v) is 2.15. The highest BCUT2D eigenvalue weighted by Gasteiger charge is 2.14. The molecule has 0 saturated carbocycles. The molecule has 7 heteroatoms. The predicted molar refractivity (Wildman–Crippen MR) is 76.6 cm³/mol. The Morgan fingerprint density at radius 2 is 2.16 bits per heavy atom. The van der Waals surface area contributed by atoms with Crippen molar-refractivity contribution in [2.24, 2.45) is 0 Å². The summed E-state index contributed by atoms with van der Waals surface area (Å²) in [5.74, 6) is 0.737. The van der Waals surface area contributed by atoms with Crippen molar-refractivity contribution in [3.8, 4) is 0 Å². The van der Waals surface area contributed by atoms with Gasteiger partial charge in [0.2, 0.25) is 0 Å². The first kappa shape index (κ1) is 13.9. The van der Waals surface area contributed by atoms with Gasteiger partial charge in [-0.2, -0.15) is 0 Å². The Morgan fingerprint density at radius 3 is 2.68 bits per heavy atom. The van der Waals surface area contributed by atoms with E-state index in [1.54, 1.807) is 12.1 Å². The van der Waals surface area contributed by atoms with Crippen molar-refractivity contribution in [2.45, 2.75) is 13.0 Å². The van der Waals surface area contributed by atoms with Crippen LogP contribution in [0.2, 0.25) is 5.02 Å². The second kappa shape index (κ2) is 5.63. The quantitative estimate of drug-likeness (QED) is 0.640. The SMILES string of the molecule is CC(Nc1ccc([N+](=O)[O-])cc1Cl)c1ccc(Br)o1. The van der Waals surface area contributed by atoms with Gasteiger partial charge in [0.15, 0.2) is 4.67 Å². The topological polar surface area (TPSA) is 68.3 Å². The number of halogens is 2. The molecule has 1 unspecified atom stereocenters. The highest BCUT2D eigenvalue weighted by Crippen LogP contribution is 2.30. The van der Waals surface area contributed by atoms with Crippen molar-refractivity contribution in [1.82, 2.24) is 0 Å². The standard InChI is InChI=1S/C12H10BrClN2O3/c1-7(11-4-5-12(13)19-11)15-10-3-2-8(16(17)18)6-9(10)14/h2-7,15H,1H3. The lowest BCUT2D eigenvalue weighted by Crippen LogP contribution is -2.06. The average Bonchev–Trinajstić information content (AvgIpc) is 2.78. The maximum atomic E-state index is 10.6. The van der Waals surface area contributed by atoms with Gasteiger partial charge in [-0.05, 0) is 41.1 Å². The lowest BCUT2D eigenvalue weighted by Gasteiger charge is -2.13. The van der Waals surface area contributed by atoms with Gasteiger partial charge >= 0.3 is 0 Å². The molecule has 0 saturated heterocycles. The third-order valence-electron chi connectivity index (χ3n) is 2.56. The highest BCUT2D eigenvalue weighted by molar-refractivity contribution is 9.10. The van der Waals surface area contributed by atoms with Gasteiger partial charge in [0.1, 0.15) is 5.76 Å². The zero-order chi connectivity index (χ0) is 14.0. The first-order valence-corrected chi connectivity index (χ1v) is 6.60. The molecule has 0 aliphatic carbocycles. The number of nitro groups is 1. The van der Waals surface area contributed by atoms with Gasteiger partial charge in [0.05, 0.1) is 21.7 Å². The second-order valence-corrected chi connectivity index (χ2v) is 5.12. The lowest BCUT2D eigenvalue weighted by molar-refractivity contribution is -0.384. The molecule has 0 fully saturated rings. The van der Waals surface area contributed by atoms with Crippen LogP contribution >= 0.6 is 27.5 Å². The molecule has 2 rings (SSSR count). The summed E-state index contributed by atoms with van der Waals surface area (Å²) in [6, 6.07) is 7.82.